The van der Waals surface area contributed by atoms with Crippen molar-refractivity contribution in [2.75, 3.05) is 10.0 Å². The number of hydrogen-bond donors (Lipinski definition) is 3. The number of primary amides is 1. The van der Waals surface area contributed by atoms with Crippen LogP contribution in [0.25, 0.3) is 0 Å². The van der Waals surface area contributed by atoms with Crippen LogP contribution in [0, 0.1) is 15.2 Å². The summed E-state index contributed by atoms with van der Waals surface area (Å²) in [4.78, 5) is 12.3. The second-order valence-corrected chi connectivity index (χ2v) is 10.9. The van der Waals surface area contributed by atoms with E-state index < -0.39 is 32.8 Å². The molecule has 3 aromatic rings. The molecule has 0 radical (unpaired) electrons. The van der Waals surface area contributed by atoms with Gasteiger partial charge in [-0.2, -0.15) is 0 Å². The van der Waals surface area contributed by atoms with Gasteiger partial charge in [-0.1, -0.05) is 18.6 Å². The molecule has 1 saturated carbocycles. The lowest BCUT2D eigenvalue weighted by Gasteiger charge is -2.26. The molecule has 0 unspecified atom stereocenters. The standard InChI is InChI=1S/C23H20F2IN3O4S/c24-13-10-19(28-17-9-8-14(26)12-16(17)25)22(23(27)30)21(11-13)33-20-7-2-1-6-18(20)29-34(31,32)15-4-3-5-15/h1-2,6-12,15,28-29H,3-5H2,(H2,27,30). The van der Waals surface area contributed by atoms with Crippen molar-refractivity contribution in [2.24, 2.45) is 5.73 Å². The fraction of sp³-hybridized carbons (Fsp3) is 0.174. The van der Waals surface area contributed by atoms with E-state index in [0.717, 1.165) is 18.6 Å². The molecule has 0 spiro atoms. The highest BCUT2D eigenvalue weighted by molar-refractivity contribution is 14.1. The summed E-state index contributed by atoms with van der Waals surface area (Å²) in [5.74, 6) is -2.54. The summed E-state index contributed by atoms with van der Waals surface area (Å²) in [6.07, 6.45) is 1.97. The SMILES string of the molecule is NC(=O)c1c(Nc2ccc(I)cc2F)cc(F)cc1Oc1ccccc1NS(=O)(=O)C1CCC1. The Morgan fingerprint density at radius 3 is 2.38 bits per heavy atom. The maximum Gasteiger partial charge on any atom is 0.254 e. The number of sulfonamides is 1. The van der Waals surface area contributed by atoms with Crippen LogP contribution in [0.5, 0.6) is 11.5 Å². The van der Waals surface area contributed by atoms with Gasteiger partial charge in [-0.15, -0.1) is 0 Å². The third-order valence-electron chi connectivity index (χ3n) is 5.36. The summed E-state index contributed by atoms with van der Waals surface area (Å²) in [6.45, 7) is 0. The second-order valence-electron chi connectivity index (χ2n) is 7.74. The summed E-state index contributed by atoms with van der Waals surface area (Å²) < 4.78 is 63.0. The Balaban J connectivity index is 1.71. The predicted octanol–water partition coefficient (Wildman–Crippen LogP) is 5.50. The summed E-state index contributed by atoms with van der Waals surface area (Å²) in [6, 6.07) is 12.5. The number of anilines is 3. The number of nitrogens with one attached hydrogen (secondary N) is 2. The highest BCUT2D eigenvalue weighted by atomic mass is 127. The summed E-state index contributed by atoms with van der Waals surface area (Å²) in [5, 5.41) is 2.20. The van der Waals surface area contributed by atoms with Gasteiger partial charge in [0.1, 0.15) is 22.9 Å². The number of nitrogens with two attached hydrogens (primary N) is 1. The van der Waals surface area contributed by atoms with Crippen LogP contribution in [0.2, 0.25) is 0 Å². The smallest absolute Gasteiger partial charge is 0.254 e. The highest BCUT2D eigenvalue weighted by Crippen LogP contribution is 2.38. The van der Waals surface area contributed by atoms with Gasteiger partial charge in [-0.25, -0.2) is 17.2 Å². The largest absolute Gasteiger partial charge is 0.454 e. The highest BCUT2D eigenvalue weighted by Gasteiger charge is 2.32. The van der Waals surface area contributed by atoms with E-state index in [9.17, 15) is 22.0 Å². The third-order valence-corrected chi connectivity index (χ3v) is 7.89. The lowest BCUT2D eigenvalue weighted by atomic mass is 10.0. The molecule has 178 valence electrons. The number of carbonyl (C=O) groups excluding carboxylic acids is 1. The van der Waals surface area contributed by atoms with Gasteiger partial charge >= 0.3 is 0 Å². The monoisotopic (exact) mass is 599 g/mol. The van der Waals surface area contributed by atoms with Gasteiger partial charge in [0, 0.05) is 9.64 Å². The van der Waals surface area contributed by atoms with Crippen LogP contribution in [0.15, 0.2) is 54.6 Å². The van der Waals surface area contributed by atoms with Crippen LogP contribution in [-0.2, 0) is 10.0 Å². The minimum Gasteiger partial charge on any atom is -0.454 e. The molecule has 11 heteroatoms. The van der Waals surface area contributed by atoms with Gasteiger partial charge in [-0.05, 0) is 71.8 Å². The number of halogens is 3. The molecule has 3 aromatic carbocycles. The quantitative estimate of drug-likeness (QED) is 0.297. The first-order chi connectivity index (χ1) is 16.1. The minimum absolute atomic E-state index is 0.00752. The zero-order valence-corrected chi connectivity index (χ0v) is 20.6. The number of carbonyl (C=O) groups is 1. The Morgan fingerprint density at radius 2 is 1.74 bits per heavy atom. The van der Waals surface area contributed by atoms with Crippen molar-refractivity contribution in [3.63, 3.8) is 0 Å². The van der Waals surface area contributed by atoms with Crippen molar-refractivity contribution in [3.05, 3.63) is 75.4 Å². The summed E-state index contributed by atoms with van der Waals surface area (Å²) in [7, 11) is -3.63. The Hall–Kier alpha value is -2.93. The second kappa shape index (κ2) is 9.74. The number of hydrogen-bond acceptors (Lipinski definition) is 5. The molecule has 0 bridgehead atoms. The van der Waals surface area contributed by atoms with Crippen LogP contribution >= 0.6 is 22.6 Å². The van der Waals surface area contributed by atoms with E-state index >= 15 is 0 Å². The number of para-hydroxylation sites is 2. The number of ether oxygens (including phenoxy) is 1. The molecule has 0 saturated heterocycles. The van der Waals surface area contributed by atoms with Crippen molar-refractivity contribution in [2.45, 2.75) is 24.5 Å². The molecule has 0 atom stereocenters. The summed E-state index contributed by atoms with van der Waals surface area (Å²) in [5.41, 5.74) is 5.36. The van der Waals surface area contributed by atoms with E-state index in [-0.39, 0.29) is 34.1 Å². The molecule has 1 aliphatic carbocycles. The van der Waals surface area contributed by atoms with Crippen molar-refractivity contribution < 1.29 is 26.7 Å². The van der Waals surface area contributed by atoms with Crippen LogP contribution in [0.4, 0.5) is 25.8 Å². The topological polar surface area (TPSA) is 111 Å². The molecule has 34 heavy (non-hydrogen) atoms. The number of amides is 1. The molecule has 4 N–H and O–H groups in total. The van der Waals surface area contributed by atoms with Crippen molar-refractivity contribution >= 4 is 55.6 Å². The van der Waals surface area contributed by atoms with E-state index in [2.05, 4.69) is 10.0 Å². The lowest BCUT2D eigenvalue weighted by molar-refractivity contribution is 0.0999. The van der Waals surface area contributed by atoms with Gasteiger partial charge in [0.15, 0.2) is 5.75 Å². The molecule has 0 aliphatic heterocycles. The normalized spacial score (nSPS) is 13.7. The van der Waals surface area contributed by atoms with Gasteiger partial charge < -0.3 is 15.8 Å². The fourth-order valence-electron chi connectivity index (χ4n) is 3.43. The average Bonchev–Trinajstić information content (AvgIpc) is 2.69. The zero-order valence-electron chi connectivity index (χ0n) is 17.6. The van der Waals surface area contributed by atoms with Gasteiger partial charge in [0.05, 0.1) is 22.3 Å². The average molecular weight is 599 g/mol. The molecule has 4 rings (SSSR count). The van der Waals surface area contributed by atoms with Crippen molar-refractivity contribution in [3.8, 4) is 11.5 Å². The maximum absolute atomic E-state index is 14.5. The fourth-order valence-corrected chi connectivity index (χ4v) is 5.48. The van der Waals surface area contributed by atoms with Crippen molar-refractivity contribution in [1.82, 2.24) is 0 Å². The number of rotatable bonds is 8. The predicted molar refractivity (Wildman–Crippen MR) is 134 cm³/mol. The van der Waals surface area contributed by atoms with Crippen LogP contribution in [0.1, 0.15) is 29.6 Å². The molecule has 1 fully saturated rings. The van der Waals surface area contributed by atoms with E-state index in [1.165, 1.54) is 24.3 Å². The van der Waals surface area contributed by atoms with Crippen LogP contribution in [-0.4, -0.2) is 19.6 Å². The Morgan fingerprint density at radius 1 is 1.00 bits per heavy atom. The molecule has 7 nitrogen and oxygen atoms in total. The van der Waals surface area contributed by atoms with Gasteiger partial charge in [0.2, 0.25) is 10.0 Å². The lowest BCUT2D eigenvalue weighted by Crippen LogP contribution is -2.33. The first-order valence-corrected chi connectivity index (χ1v) is 12.9. The molecular formula is C23H20F2IN3O4S. The number of benzene rings is 3. The van der Waals surface area contributed by atoms with Crippen LogP contribution in [0.3, 0.4) is 0 Å². The van der Waals surface area contributed by atoms with Crippen LogP contribution < -0.4 is 20.5 Å². The van der Waals surface area contributed by atoms with E-state index in [1.807, 2.05) is 22.6 Å². The van der Waals surface area contributed by atoms with E-state index in [1.54, 1.807) is 18.2 Å². The first-order valence-electron chi connectivity index (χ1n) is 10.3. The van der Waals surface area contributed by atoms with E-state index in [4.69, 9.17) is 10.5 Å². The molecule has 0 heterocycles. The van der Waals surface area contributed by atoms with Gasteiger partial charge in [0.25, 0.3) is 5.91 Å². The molecule has 0 aromatic heterocycles. The van der Waals surface area contributed by atoms with Crippen molar-refractivity contribution in [1.29, 1.82) is 0 Å². The summed E-state index contributed by atoms with van der Waals surface area (Å²) >= 11 is 1.94. The van der Waals surface area contributed by atoms with E-state index in [0.29, 0.717) is 16.4 Å². The van der Waals surface area contributed by atoms with Gasteiger partial charge in [-0.3, -0.25) is 9.52 Å². The Labute approximate surface area is 208 Å². The molecule has 1 amide bonds. The third kappa shape index (κ3) is 5.25. The Bertz CT molecular complexity index is 1360. The zero-order chi connectivity index (χ0) is 24.5. The first kappa shape index (κ1) is 24.2. The Kier molecular flexibility index (Phi) is 6.94. The minimum atomic E-state index is -3.63. The molecule has 1 aliphatic rings. The molecular weight excluding hydrogens is 579 g/mol. The maximum atomic E-state index is 14.5.